The molecule has 2 aliphatic rings. The SMILES string of the molecule is O=C(c1ccc(Oc2nccn3c(-c4conc4C(F)(F)F)cnc23)cc1O)N1CCN(C(=O)[C@]2(O)CCCOC2)CC1. The van der Waals surface area contributed by atoms with Gasteiger partial charge < -0.3 is 34.0 Å². The van der Waals surface area contributed by atoms with Gasteiger partial charge in [-0.2, -0.15) is 13.2 Å². The number of phenolic OH excluding ortho intramolecular Hbond substituents is 1. The number of fused-ring (bicyclic) bond motifs is 1. The summed E-state index contributed by atoms with van der Waals surface area (Å²) in [4.78, 5) is 37.2. The van der Waals surface area contributed by atoms with Crippen LogP contribution in [0.15, 0.2) is 47.6 Å². The van der Waals surface area contributed by atoms with E-state index in [1.807, 2.05) is 0 Å². The monoisotopic (exact) mass is 602 g/mol. The minimum Gasteiger partial charge on any atom is -0.507 e. The maximum atomic E-state index is 13.4. The Balaban J connectivity index is 1.15. The highest BCUT2D eigenvalue weighted by Gasteiger charge is 2.42. The second kappa shape index (κ2) is 10.9. The lowest BCUT2D eigenvalue weighted by Crippen LogP contribution is -2.59. The number of halogens is 3. The molecule has 1 atom stereocenters. The van der Waals surface area contributed by atoms with Crippen molar-refractivity contribution in [3.8, 4) is 28.6 Å². The van der Waals surface area contributed by atoms with E-state index in [0.29, 0.717) is 19.4 Å². The fourth-order valence-corrected chi connectivity index (χ4v) is 5.18. The summed E-state index contributed by atoms with van der Waals surface area (Å²) in [6.45, 7) is 1.29. The molecule has 2 fully saturated rings. The van der Waals surface area contributed by atoms with Crippen LogP contribution in [0.25, 0.3) is 16.9 Å². The number of benzene rings is 1. The molecular weight excluding hydrogens is 577 g/mol. The van der Waals surface area contributed by atoms with E-state index < -0.39 is 29.3 Å². The molecule has 5 heterocycles. The molecule has 2 aliphatic heterocycles. The van der Waals surface area contributed by atoms with E-state index in [1.165, 1.54) is 51.0 Å². The molecule has 3 aromatic heterocycles. The van der Waals surface area contributed by atoms with Crippen LogP contribution in [0.4, 0.5) is 13.2 Å². The van der Waals surface area contributed by atoms with Crippen LogP contribution < -0.4 is 4.74 Å². The van der Waals surface area contributed by atoms with Crippen molar-refractivity contribution in [1.82, 2.24) is 29.3 Å². The van der Waals surface area contributed by atoms with Crippen molar-refractivity contribution in [3.05, 3.63) is 54.3 Å². The maximum absolute atomic E-state index is 13.4. The van der Waals surface area contributed by atoms with Crippen molar-refractivity contribution in [2.24, 2.45) is 0 Å². The van der Waals surface area contributed by atoms with E-state index in [1.54, 1.807) is 0 Å². The number of aromatic hydroxyl groups is 1. The van der Waals surface area contributed by atoms with Gasteiger partial charge >= 0.3 is 6.18 Å². The molecule has 2 N–H and O–H groups in total. The Hall–Kier alpha value is -4.70. The molecule has 1 aromatic carbocycles. The predicted molar refractivity (Wildman–Crippen MR) is 139 cm³/mol. The Morgan fingerprint density at radius 3 is 2.56 bits per heavy atom. The first-order valence-corrected chi connectivity index (χ1v) is 13.3. The van der Waals surface area contributed by atoms with Gasteiger partial charge in [0.25, 0.3) is 17.7 Å². The topological polar surface area (TPSA) is 156 Å². The Bertz CT molecular complexity index is 1670. The van der Waals surface area contributed by atoms with Crippen molar-refractivity contribution in [2.75, 3.05) is 39.4 Å². The standard InChI is InChI=1S/C27H25F3N6O7/c28-27(29,30)21-18(14-42-33-21)19-13-32-22-23(31-5-6-36(19)22)43-16-2-3-17(20(37)12-16)24(38)34-7-9-35(10-8-34)25(39)26(40)4-1-11-41-15-26/h2-3,5-6,12-14,37,40H,1,4,7-11,15H2/t26-/m0/s1. The second-order valence-electron chi connectivity index (χ2n) is 10.2. The van der Waals surface area contributed by atoms with Crippen LogP contribution in [0.5, 0.6) is 17.4 Å². The number of nitrogens with zero attached hydrogens (tertiary/aromatic N) is 6. The number of alkyl halides is 3. The summed E-state index contributed by atoms with van der Waals surface area (Å²) in [5.41, 5.74) is -2.94. The summed E-state index contributed by atoms with van der Waals surface area (Å²) >= 11 is 0. The molecule has 0 saturated carbocycles. The van der Waals surface area contributed by atoms with Gasteiger partial charge in [-0.05, 0) is 25.0 Å². The van der Waals surface area contributed by atoms with Gasteiger partial charge in [0, 0.05) is 51.2 Å². The number of amides is 2. The van der Waals surface area contributed by atoms with Crippen molar-refractivity contribution in [2.45, 2.75) is 24.6 Å². The Morgan fingerprint density at radius 2 is 1.86 bits per heavy atom. The summed E-state index contributed by atoms with van der Waals surface area (Å²) in [5, 5.41) is 24.4. The number of carbonyl (C=O) groups excluding carboxylic acids is 2. The van der Waals surface area contributed by atoms with Gasteiger partial charge in [0.05, 0.1) is 29.6 Å². The van der Waals surface area contributed by atoms with Crippen molar-refractivity contribution >= 4 is 17.5 Å². The zero-order chi connectivity index (χ0) is 30.4. The number of aliphatic hydroxyl groups is 1. The third kappa shape index (κ3) is 5.34. The van der Waals surface area contributed by atoms with E-state index >= 15 is 0 Å². The number of aromatic nitrogens is 4. The molecule has 2 amide bonds. The van der Waals surface area contributed by atoms with Crippen LogP contribution in [0.3, 0.4) is 0 Å². The lowest BCUT2D eigenvalue weighted by molar-refractivity contribution is -0.166. The fraction of sp³-hybridized carbons (Fsp3) is 0.370. The van der Waals surface area contributed by atoms with Gasteiger partial charge in [0.2, 0.25) is 5.65 Å². The third-order valence-electron chi connectivity index (χ3n) is 7.40. The van der Waals surface area contributed by atoms with Crippen molar-refractivity contribution in [3.63, 3.8) is 0 Å². The molecule has 0 bridgehead atoms. The lowest BCUT2D eigenvalue weighted by Gasteiger charge is -2.40. The van der Waals surface area contributed by atoms with Gasteiger partial charge in [0.15, 0.2) is 11.3 Å². The Kier molecular flexibility index (Phi) is 7.17. The molecule has 0 unspecified atom stereocenters. The summed E-state index contributed by atoms with van der Waals surface area (Å²) in [5.74, 6) is -1.21. The molecule has 13 nitrogen and oxygen atoms in total. The average Bonchev–Trinajstić information content (AvgIpc) is 3.65. The molecule has 0 radical (unpaired) electrons. The minimum atomic E-state index is -4.74. The van der Waals surface area contributed by atoms with Crippen LogP contribution >= 0.6 is 0 Å². The van der Waals surface area contributed by atoms with Crippen LogP contribution in [-0.4, -0.2) is 96.3 Å². The first-order chi connectivity index (χ1) is 20.5. The molecule has 16 heteroatoms. The number of piperazine rings is 1. The molecular formula is C27H25F3N6O7. The number of phenols is 1. The third-order valence-corrected chi connectivity index (χ3v) is 7.40. The highest BCUT2D eigenvalue weighted by atomic mass is 19.4. The molecule has 2 saturated heterocycles. The molecule has 0 aliphatic carbocycles. The van der Waals surface area contributed by atoms with E-state index in [-0.39, 0.29) is 72.6 Å². The minimum absolute atomic E-state index is 0.00726. The quantitative estimate of drug-likeness (QED) is 0.348. The average molecular weight is 603 g/mol. The molecule has 6 rings (SSSR count). The van der Waals surface area contributed by atoms with E-state index in [9.17, 15) is 33.0 Å². The predicted octanol–water partition coefficient (Wildman–Crippen LogP) is 2.73. The van der Waals surface area contributed by atoms with Crippen LogP contribution in [0.2, 0.25) is 0 Å². The van der Waals surface area contributed by atoms with E-state index in [0.717, 1.165) is 6.26 Å². The molecule has 226 valence electrons. The smallest absolute Gasteiger partial charge is 0.437 e. The number of imidazole rings is 1. The molecule has 43 heavy (non-hydrogen) atoms. The highest BCUT2D eigenvalue weighted by molar-refractivity contribution is 5.97. The Morgan fingerprint density at radius 1 is 1.09 bits per heavy atom. The maximum Gasteiger partial charge on any atom is 0.437 e. The van der Waals surface area contributed by atoms with Crippen molar-refractivity contribution in [1.29, 1.82) is 0 Å². The number of hydrogen-bond acceptors (Lipinski definition) is 10. The largest absolute Gasteiger partial charge is 0.507 e. The van der Waals surface area contributed by atoms with Gasteiger partial charge in [0.1, 0.15) is 17.8 Å². The summed E-state index contributed by atoms with van der Waals surface area (Å²) in [6.07, 6.45) is 0.923. The molecule has 4 aromatic rings. The first-order valence-electron chi connectivity index (χ1n) is 13.3. The van der Waals surface area contributed by atoms with Crippen molar-refractivity contribution < 1.29 is 47.0 Å². The number of carbonyl (C=O) groups is 2. The first kappa shape index (κ1) is 28.4. The number of ether oxygens (including phenoxy) is 2. The normalized spacial score (nSPS) is 19.5. The summed E-state index contributed by atoms with van der Waals surface area (Å²) in [7, 11) is 0. The fourth-order valence-electron chi connectivity index (χ4n) is 5.18. The Labute approximate surface area is 241 Å². The summed E-state index contributed by atoms with van der Waals surface area (Å²) < 4.78 is 57.0. The van der Waals surface area contributed by atoms with Crippen LogP contribution in [-0.2, 0) is 15.7 Å². The van der Waals surface area contributed by atoms with E-state index in [4.69, 9.17) is 9.47 Å². The van der Waals surface area contributed by atoms with E-state index in [2.05, 4.69) is 19.6 Å². The van der Waals surface area contributed by atoms with Gasteiger partial charge in [-0.15, -0.1) is 0 Å². The van der Waals surface area contributed by atoms with Gasteiger partial charge in [-0.3, -0.25) is 14.0 Å². The highest BCUT2D eigenvalue weighted by Crippen LogP contribution is 2.37. The second-order valence-corrected chi connectivity index (χ2v) is 10.2. The number of rotatable bonds is 5. The molecule has 0 spiro atoms. The van der Waals surface area contributed by atoms with Crippen LogP contribution in [0, 0.1) is 0 Å². The van der Waals surface area contributed by atoms with Gasteiger partial charge in [-0.1, -0.05) is 5.16 Å². The van der Waals surface area contributed by atoms with Crippen LogP contribution in [0.1, 0.15) is 28.9 Å². The zero-order valence-corrected chi connectivity index (χ0v) is 22.5. The number of hydrogen-bond donors (Lipinski definition) is 2. The zero-order valence-electron chi connectivity index (χ0n) is 22.5. The van der Waals surface area contributed by atoms with Gasteiger partial charge in [-0.25, -0.2) is 9.97 Å². The lowest BCUT2D eigenvalue weighted by atomic mass is 9.94. The summed E-state index contributed by atoms with van der Waals surface area (Å²) in [6, 6.07) is 4.01.